The maximum atomic E-state index is 11.0. The van der Waals surface area contributed by atoms with Crippen LogP contribution in [-0.2, 0) is 8.85 Å². The summed E-state index contributed by atoms with van der Waals surface area (Å²) in [6.07, 6.45) is 1.98. The SMILES string of the molecule is C[SiH2]OC(O[SiH2]C)C(C)(C)CCCOc1ccc([N+](=O)[O-])c(C=O)c1. The predicted octanol–water partition coefficient (Wildman–Crippen LogP) is 2.22. The highest BCUT2D eigenvalue weighted by Crippen LogP contribution is 2.30. The van der Waals surface area contributed by atoms with Crippen molar-refractivity contribution >= 4 is 31.5 Å². The van der Waals surface area contributed by atoms with Crippen LogP contribution in [0.2, 0.25) is 13.1 Å². The summed E-state index contributed by atoms with van der Waals surface area (Å²) in [5.41, 5.74) is -0.294. The number of hydrogen-bond acceptors (Lipinski definition) is 6. The molecule has 0 atom stereocenters. The van der Waals surface area contributed by atoms with E-state index in [1.807, 2.05) is 0 Å². The van der Waals surface area contributed by atoms with E-state index in [1.54, 1.807) is 0 Å². The maximum absolute atomic E-state index is 11.0. The Kier molecular flexibility index (Phi) is 8.97. The van der Waals surface area contributed by atoms with Gasteiger partial charge in [0.15, 0.2) is 25.8 Å². The molecule has 9 heteroatoms. The Morgan fingerprint density at radius 1 is 1.28 bits per heavy atom. The first-order chi connectivity index (χ1) is 11.9. The van der Waals surface area contributed by atoms with Gasteiger partial charge < -0.3 is 13.6 Å². The normalized spacial score (nSPS) is 13.6. The van der Waals surface area contributed by atoms with Crippen LogP contribution in [0, 0.1) is 15.5 Å². The van der Waals surface area contributed by atoms with Crippen molar-refractivity contribution in [2.45, 2.75) is 46.1 Å². The second kappa shape index (κ2) is 10.4. The van der Waals surface area contributed by atoms with Gasteiger partial charge in [-0.25, -0.2) is 0 Å². The number of rotatable bonds is 12. The van der Waals surface area contributed by atoms with Gasteiger partial charge in [-0.05, 0) is 25.0 Å². The minimum Gasteiger partial charge on any atom is -0.494 e. The molecule has 0 radical (unpaired) electrons. The highest BCUT2D eigenvalue weighted by molar-refractivity contribution is 6.26. The van der Waals surface area contributed by atoms with Gasteiger partial charge in [0.25, 0.3) is 5.69 Å². The van der Waals surface area contributed by atoms with E-state index in [2.05, 4.69) is 26.9 Å². The molecule has 0 unspecified atom stereocenters. The minimum absolute atomic E-state index is 0.0190. The zero-order chi connectivity index (χ0) is 18.9. The Hall–Kier alpha value is -1.56. The van der Waals surface area contributed by atoms with Crippen molar-refractivity contribution in [2.24, 2.45) is 5.41 Å². The largest absolute Gasteiger partial charge is 0.494 e. The van der Waals surface area contributed by atoms with Crippen LogP contribution in [0.25, 0.3) is 0 Å². The summed E-state index contributed by atoms with van der Waals surface area (Å²) in [4.78, 5) is 21.2. The van der Waals surface area contributed by atoms with Gasteiger partial charge in [-0.1, -0.05) is 26.9 Å². The predicted molar refractivity (Wildman–Crippen MR) is 102 cm³/mol. The van der Waals surface area contributed by atoms with E-state index < -0.39 is 24.4 Å². The van der Waals surface area contributed by atoms with Gasteiger partial charge in [0, 0.05) is 11.5 Å². The Labute approximate surface area is 153 Å². The van der Waals surface area contributed by atoms with Crippen LogP contribution in [0.1, 0.15) is 37.0 Å². The van der Waals surface area contributed by atoms with Crippen molar-refractivity contribution in [3.63, 3.8) is 0 Å². The van der Waals surface area contributed by atoms with E-state index in [0.717, 1.165) is 12.8 Å². The van der Waals surface area contributed by atoms with Gasteiger partial charge in [-0.2, -0.15) is 0 Å². The monoisotopic (exact) mass is 385 g/mol. The molecular weight excluding hydrogens is 358 g/mol. The first kappa shape index (κ1) is 21.5. The molecule has 0 aliphatic rings. The van der Waals surface area contributed by atoms with Crippen molar-refractivity contribution in [3.8, 4) is 5.75 Å². The number of aldehydes is 1. The standard InChI is InChI=1S/C16H27NO6Si2/c1-16(2,15(22-24-3)23-25-4)8-5-9-21-13-6-7-14(17(19)20)12(10-13)11-18/h6-7,10-11,15H,5,8-9,24-25H2,1-4H3. The van der Waals surface area contributed by atoms with E-state index in [4.69, 9.17) is 13.6 Å². The Bertz CT molecular complexity index is 576. The fourth-order valence-corrected chi connectivity index (χ4v) is 4.41. The summed E-state index contributed by atoms with van der Waals surface area (Å²) in [6.45, 7) is 8.89. The number of carbonyl (C=O) groups excluding carboxylic acids is 1. The highest BCUT2D eigenvalue weighted by atomic mass is 28.2. The number of nitro benzene ring substituents is 1. The summed E-state index contributed by atoms with van der Waals surface area (Å²) >= 11 is 0. The minimum atomic E-state index is -0.579. The van der Waals surface area contributed by atoms with Crippen LogP contribution in [0.3, 0.4) is 0 Å². The van der Waals surface area contributed by atoms with E-state index in [1.165, 1.54) is 18.2 Å². The molecule has 0 aromatic heterocycles. The van der Waals surface area contributed by atoms with Gasteiger partial charge in [0.1, 0.15) is 12.0 Å². The topological polar surface area (TPSA) is 87.9 Å². The molecule has 0 amide bonds. The smallest absolute Gasteiger partial charge is 0.280 e. The van der Waals surface area contributed by atoms with Crippen molar-refractivity contribution in [1.29, 1.82) is 0 Å². The van der Waals surface area contributed by atoms with Crippen LogP contribution >= 0.6 is 0 Å². The van der Waals surface area contributed by atoms with Crippen molar-refractivity contribution < 1.29 is 23.3 Å². The molecule has 0 fully saturated rings. The number of benzene rings is 1. The van der Waals surface area contributed by atoms with Gasteiger partial charge >= 0.3 is 0 Å². The van der Waals surface area contributed by atoms with E-state index in [9.17, 15) is 14.9 Å². The molecule has 0 saturated heterocycles. The lowest BCUT2D eigenvalue weighted by molar-refractivity contribution is -0.385. The first-order valence-corrected chi connectivity index (χ1v) is 12.4. The third-order valence-electron chi connectivity index (χ3n) is 3.83. The van der Waals surface area contributed by atoms with Gasteiger partial charge in [0.05, 0.1) is 17.1 Å². The Morgan fingerprint density at radius 3 is 2.44 bits per heavy atom. The zero-order valence-electron chi connectivity index (χ0n) is 15.3. The second-order valence-electron chi connectivity index (χ2n) is 6.28. The first-order valence-electron chi connectivity index (χ1n) is 8.45. The molecule has 140 valence electrons. The Morgan fingerprint density at radius 2 is 1.92 bits per heavy atom. The van der Waals surface area contributed by atoms with Crippen LogP contribution in [0.15, 0.2) is 18.2 Å². The number of ether oxygens (including phenoxy) is 1. The van der Waals surface area contributed by atoms with E-state index in [-0.39, 0.29) is 23.0 Å². The fourth-order valence-electron chi connectivity index (χ4n) is 2.52. The molecule has 25 heavy (non-hydrogen) atoms. The average molecular weight is 386 g/mol. The lowest BCUT2D eigenvalue weighted by Crippen LogP contribution is -2.36. The van der Waals surface area contributed by atoms with Crippen LogP contribution in [0.5, 0.6) is 5.75 Å². The quantitative estimate of drug-likeness (QED) is 0.137. The summed E-state index contributed by atoms with van der Waals surface area (Å²) in [6, 6.07) is 4.20. The van der Waals surface area contributed by atoms with Crippen LogP contribution in [0.4, 0.5) is 5.69 Å². The number of carbonyl (C=O) groups is 1. The third-order valence-corrected chi connectivity index (χ3v) is 5.10. The van der Waals surface area contributed by atoms with Crippen LogP contribution < -0.4 is 4.74 Å². The molecule has 0 aliphatic heterocycles. The summed E-state index contributed by atoms with van der Waals surface area (Å²) in [5.74, 6) is 0.455. The number of nitrogens with zero attached hydrogens (tertiary/aromatic N) is 1. The molecule has 7 nitrogen and oxygen atoms in total. The number of hydrogen-bond donors (Lipinski definition) is 0. The summed E-state index contributed by atoms with van der Waals surface area (Å²) in [7, 11) is -1.09. The van der Waals surface area contributed by atoms with E-state index in [0.29, 0.717) is 18.6 Å². The lowest BCUT2D eigenvalue weighted by Gasteiger charge is -2.34. The molecular formula is C16H27NO6Si2. The van der Waals surface area contributed by atoms with Gasteiger partial charge in [0.2, 0.25) is 0 Å². The lowest BCUT2D eigenvalue weighted by atomic mass is 9.87. The second-order valence-corrected chi connectivity index (χ2v) is 8.10. The molecule has 1 aromatic carbocycles. The van der Waals surface area contributed by atoms with E-state index >= 15 is 0 Å². The van der Waals surface area contributed by atoms with Crippen molar-refractivity contribution in [1.82, 2.24) is 0 Å². The molecule has 1 aromatic rings. The molecule has 0 heterocycles. The molecule has 0 bridgehead atoms. The molecule has 0 N–H and O–H groups in total. The zero-order valence-corrected chi connectivity index (χ0v) is 18.1. The molecule has 0 spiro atoms. The molecule has 0 aliphatic carbocycles. The summed E-state index contributed by atoms with van der Waals surface area (Å²) in [5, 5.41) is 10.8. The van der Waals surface area contributed by atoms with Gasteiger partial charge in [-0.3, -0.25) is 14.9 Å². The Balaban J connectivity index is 2.57. The summed E-state index contributed by atoms with van der Waals surface area (Å²) < 4.78 is 17.3. The highest BCUT2D eigenvalue weighted by Gasteiger charge is 2.29. The average Bonchev–Trinajstić information content (AvgIpc) is 2.58. The maximum Gasteiger partial charge on any atom is 0.280 e. The van der Waals surface area contributed by atoms with Crippen molar-refractivity contribution in [3.05, 3.63) is 33.9 Å². The third kappa shape index (κ3) is 6.69. The molecule has 1 rings (SSSR count). The fraction of sp³-hybridized carbons (Fsp3) is 0.562. The van der Waals surface area contributed by atoms with Crippen molar-refractivity contribution in [2.75, 3.05) is 6.61 Å². The van der Waals surface area contributed by atoms with Crippen LogP contribution in [-0.4, -0.2) is 43.6 Å². The van der Waals surface area contributed by atoms with Gasteiger partial charge in [-0.15, -0.1) is 0 Å². The molecule has 0 saturated carbocycles. The number of nitro groups is 1.